The second kappa shape index (κ2) is 5.39. The van der Waals surface area contributed by atoms with Crippen molar-refractivity contribution in [1.82, 2.24) is 4.31 Å². The molecule has 2 aromatic rings. The molecule has 4 atom stereocenters. The Morgan fingerprint density at radius 3 is 2.96 bits per heavy atom. The Balaban J connectivity index is 1.81. The third-order valence-electron chi connectivity index (χ3n) is 4.61. The van der Waals surface area contributed by atoms with Gasteiger partial charge < -0.3 is 14.4 Å². The zero-order valence-electron chi connectivity index (χ0n) is 12.5. The molecule has 0 aliphatic carbocycles. The molecule has 2 aliphatic rings. The van der Waals surface area contributed by atoms with Crippen LogP contribution in [0.3, 0.4) is 0 Å². The van der Waals surface area contributed by atoms with E-state index in [9.17, 15) is 13.9 Å². The Morgan fingerprint density at radius 2 is 2.26 bits per heavy atom. The number of benzene rings is 1. The Kier molecular flexibility index (Phi) is 3.58. The third kappa shape index (κ3) is 2.19. The average Bonchev–Trinajstić information content (AvgIpc) is 3.23. The fourth-order valence-electron chi connectivity index (χ4n) is 3.50. The molecule has 4 rings (SSSR count). The van der Waals surface area contributed by atoms with Crippen LogP contribution in [0.25, 0.3) is 0 Å². The molecule has 1 saturated heterocycles. The van der Waals surface area contributed by atoms with Crippen LogP contribution in [0, 0.1) is 12.8 Å². The molecular weight excluding hydrogens is 334 g/mol. The van der Waals surface area contributed by atoms with E-state index in [1.54, 1.807) is 17.5 Å². The number of ether oxygens (including phenoxy) is 1. The highest BCUT2D eigenvalue weighted by atomic mass is 32.3. The number of para-hydroxylation sites is 1. The Morgan fingerprint density at radius 1 is 1.43 bits per heavy atom. The molecule has 1 aromatic heterocycles. The van der Waals surface area contributed by atoms with Gasteiger partial charge in [0, 0.05) is 17.5 Å². The van der Waals surface area contributed by atoms with Gasteiger partial charge in [-0.05, 0) is 23.9 Å². The van der Waals surface area contributed by atoms with Gasteiger partial charge in [0.15, 0.2) is 10.4 Å². The van der Waals surface area contributed by atoms with Crippen molar-refractivity contribution in [3.05, 3.63) is 46.8 Å². The van der Waals surface area contributed by atoms with Gasteiger partial charge >= 0.3 is 0 Å². The summed E-state index contributed by atoms with van der Waals surface area (Å²) in [6.45, 7) is 2.13. The summed E-state index contributed by atoms with van der Waals surface area (Å²) in [6, 6.07) is 8.78. The van der Waals surface area contributed by atoms with Gasteiger partial charge in [0.1, 0.15) is 17.9 Å². The van der Waals surface area contributed by atoms with Crippen LogP contribution in [0.15, 0.2) is 39.9 Å². The number of sulfonamides is 1. The maximum Gasteiger partial charge on any atom is 0.229 e. The van der Waals surface area contributed by atoms with E-state index in [-0.39, 0.29) is 31.2 Å². The summed E-state index contributed by atoms with van der Waals surface area (Å²) in [5.74, 6) is 0.536. The summed E-state index contributed by atoms with van der Waals surface area (Å²) in [6.07, 6.45) is -0.328. The summed E-state index contributed by atoms with van der Waals surface area (Å²) < 4.78 is 33.9. The third-order valence-corrected chi connectivity index (χ3v) is 7.83. The van der Waals surface area contributed by atoms with Gasteiger partial charge in [-0.15, -0.1) is 4.31 Å². The van der Waals surface area contributed by atoms with E-state index in [1.165, 1.54) is 15.6 Å². The van der Waals surface area contributed by atoms with Gasteiger partial charge in [0.2, 0.25) is 4.21 Å². The number of hydrogen-bond acceptors (Lipinski definition) is 5. The first-order valence-corrected chi connectivity index (χ1v) is 9.78. The zero-order valence-corrected chi connectivity index (χ0v) is 14.2. The molecule has 1 unspecified atom stereocenters. The van der Waals surface area contributed by atoms with Crippen LogP contribution in [-0.4, -0.2) is 33.2 Å². The van der Waals surface area contributed by atoms with Crippen molar-refractivity contribution in [1.29, 1.82) is 0 Å². The number of aryl methyl sites for hydroxylation is 1. The molecule has 23 heavy (non-hydrogen) atoms. The molecule has 7 heteroatoms. The quantitative estimate of drug-likeness (QED) is 0.862. The number of thiophene rings is 1. The fraction of sp³-hybridized carbons (Fsp3) is 0.375. The molecule has 3 heterocycles. The number of fused-ring (bicyclic) bond motifs is 3. The van der Waals surface area contributed by atoms with Crippen LogP contribution in [0.1, 0.15) is 17.2 Å². The van der Waals surface area contributed by atoms with Gasteiger partial charge in [-0.2, -0.15) is 0 Å². The first-order chi connectivity index (χ1) is 11.0. The molecule has 122 valence electrons. The van der Waals surface area contributed by atoms with Gasteiger partial charge in [0.05, 0.1) is 13.2 Å². The number of hydrogen-bond donors (Lipinski definition) is 1. The smallest absolute Gasteiger partial charge is 0.229 e. The number of rotatable bonds is 3. The summed E-state index contributed by atoms with van der Waals surface area (Å²) >= 11 is 1.21. The van der Waals surface area contributed by atoms with Crippen molar-refractivity contribution in [2.75, 3.05) is 13.2 Å². The normalized spacial score (nSPS) is 28.9. The molecule has 0 saturated carbocycles. The molecule has 2 aliphatic heterocycles. The Hall–Kier alpha value is -1.25. The molecule has 1 aromatic carbocycles. The molecule has 1 fully saturated rings. The Labute approximate surface area is 139 Å². The summed E-state index contributed by atoms with van der Waals surface area (Å²) in [7, 11) is -3.59. The molecule has 0 amide bonds. The Bertz CT molecular complexity index is 776. The van der Waals surface area contributed by atoms with E-state index in [0.717, 1.165) is 16.9 Å². The monoisotopic (exact) mass is 351 g/mol. The molecule has 1 N–H and O–H groups in total. The molecular formula is C16H17NO4S2. The van der Waals surface area contributed by atoms with E-state index >= 15 is 0 Å². The lowest BCUT2D eigenvalue weighted by atomic mass is 9.99. The largest absolute Gasteiger partial charge is 0.592 e. The summed E-state index contributed by atoms with van der Waals surface area (Å²) in [5.41, 5.74) is 1.88. The van der Waals surface area contributed by atoms with Crippen molar-refractivity contribution in [3.8, 4) is 5.75 Å². The average molecular weight is 351 g/mol. The predicted octanol–water partition coefficient (Wildman–Crippen LogP) is 2.39. The number of aliphatic hydroxyl groups excluding tert-OH is 1. The van der Waals surface area contributed by atoms with Crippen LogP contribution >= 0.6 is 11.3 Å². The SMILES string of the molecule is Cc1cccc2c1O[C@H]1[C@H](CO)CN([S+](=O)([O-])c3cccs3)[C@@H]21. The minimum absolute atomic E-state index is 0.0926. The standard InChI is InChI=1S/C16H17NO4S2/c1-10-4-2-5-12-14-16(21-15(10)12)11(9-18)8-17(14)23(19,20)13-6-3-7-22-13/h2-7,11,14,16,18H,8-9H2,1H3/t11-,14-,16-/m0/s1. The molecule has 0 bridgehead atoms. The summed E-state index contributed by atoms with van der Waals surface area (Å²) in [4.78, 5) is 0. The van der Waals surface area contributed by atoms with Crippen LogP contribution < -0.4 is 4.74 Å². The fourth-order valence-corrected chi connectivity index (χ4v) is 6.29. The second-order valence-electron chi connectivity index (χ2n) is 5.97. The zero-order chi connectivity index (χ0) is 16.2. The van der Waals surface area contributed by atoms with E-state index in [4.69, 9.17) is 4.74 Å². The number of aliphatic hydroxyl groups is 1. The van der Waals surface area contributed by atoms with Crippen LogP contribution in [-0.2, 0) is 14.6 Å². The van der Waals surface area contributed by atoms with Crippen molar-refractivity contribution >= 4 is 21.7 Å². The minimum atomic E-state index is -3.59. The lowest BCUT2D eigenvalue weighted by Gasteiger charge is -2.26. The highest BCUT2D eigenvalue weighted by Crippen LogP contribution is 2.51. The van der Waals surface area contributed by atoms with E-state index < -0.39 is 10.4 Å². The minimum Gasteiger partial charge on any atom is -0.592 e. The maximum absolute atomic E-state index is 13.0. The first kappa shape index (κ1) is 15.3. The number of nitrogens with zero attached hydrogens (tertiary/aromatic N) is 1. The molecule has 5 nitrogen and oxygen atoms in total. The molecule has 0 spiro atoms. The highest BCUT2D eigenvalue weighted by molar-refractivity contribution is 7.97. The topological polar surface area (TPSA) is 72.8 Å². The molecule has 0 radical (unpaired) electrons. The lowest BCUT2D eigenvalue weighted by Crippen LogP contribution is -2.36. The second-order valence-corrected chi connectivity index (χ2v) is 9.04. The van der Waals surface area contributed by atoms with Crippen LogP contribution in [0.5, 0.6) is 5.75 Å². The van der Waals surface area contributed by atoms with E-state index in [1.807, 2.05) is 25.1 Å². The first-order valence-electron chi connectivity index (χ1n) is 7.46. The van der Waals surface area contributed by atoms with Crippen LogP contribution in [0.4, 0.5) is 0 Å². The van der Waals surface area contributed by atoms with Gasteiger partial charge in [-0.25, -0.2) is 0 Å². The maximum atomic E-state index is 13.0. The van der Waals surface area contributed by atoms with Gasteiger partial charge in [-0.3, -0.25) is 0 Å². The highest BCUT2D eigenvalue weighted by Gasteiger charge is 2.56. The summed E-state index contributed by atoms with van der Waals surface area (Å²) in [5, 5.41) is 11.4. The van der Waals surface area contributed by atoms with Crippen molar-refractivity contribution in [3.63, 3.8) is 0 Å². The van der Waals surface area contributed by atoms with Crippen LogP contribution in [0.2, 0.25) is 0 Å². The van der Waals surface area contributed by atoms with Crippen molar-refractivity contribution in [2.45, 2.75) is 23.3 Å². The lowest BCUT2D eigenvalue weighted by molar-refractivity contribution is 0.120. The predicted molar refractivity (Wildman–Crippen MR) is 87.0 cm³/mol. The van der Waals surface area contributed by atoms with Gasteiger partial charge in [0.25, 0.3) is 0 Å². The van der Waals surface area contributed by atoms with E-state index in [2.05, 4.69) is 0 Å². The van der Waals surface area contributed by atoms with Crippen molar-refractivity contribution < 1.29 is 18.6 Å². The van der Waals surface area contributed by atoms with Crippen molar-refractivity contribution in [2.24, 2.45) is 5.92 Å². The van der Waals surface area contributed by atoms with Gasteiger partial charge in [-0.1, -0.05) is 33.7 Å². The van der Waals surface area contributed by atoms with E-state index in [0.29, 0.717) is 4.21 Å².